The van der Waals surface area contributed by atoms with Crippen molar-refractivity contribution in [3.05, 3.63) is 56.6 Å². The number of aryl methyl sites for hydroxylation is 2. The van der Waals surface area contributed by atoms with Gasteiger partial charge in [0.15, 0.2) is 5.69 Å². The number of aromatic amines is 1. The average molecular weight is 426 g/mol. The molecular weight excluding hydrogens is 400 g/mol. The Balaban J connectivity index is 1.72. The van der Waals surface area contributed by atoms with E-state index in [1.165, 1.54) is 11.6 Å². The van der Waals surface area contributed by atoms with Gasteiger partial charge in [-0.15, -0.1) is 10.2 Å². The predicted molar refractivity (Wildman–Crippen MR) is 117 cm³/mol. The number of amides is 1. The first-order valence-corrected chi connectivity index (χ1v) is 10.1. The van der Waals surface area contributed by atoms with Crippen molar-refractivity contribution in [3.63, 3.8) is 0 Å². The van der Waals surface area contributed by atoms with Gasteiger partial charge in [-0.1, -0.05) is 31.0 Å². The second-order valence-corrected chi connectivity index (χ2v) is 7.32. The zero-order chi connectivity index (χ0) is 22.5. The Labute approximate surface area is 178 Å². The first-order valence-electron chi connectivity index (χ1n) is 10.1. The number of carbonyl (C=O) groups excluding carboxylic acids is 1. The molecule has 164 valence electrons. The lowest BCUT2D eigenvalue weighted by atomic mass is 10.1. The summed E-state index contributed by atoms with van der Waals surface area (Å²) in [5.41, 5.74) is 6.63. The molecule has 0 aliphatic carbocycles. The third-order valence-corrected chi connectivity index (χ3v) is 4.98. The molecule has 3 rings (SSSR count). The first-order chi connectivity index (χ1) is 14.8. The number of H-pyrrole nitrogens is 1. The standard InChI is InChI=1S/C21H26N6O4/c1-4-5-12-27-18(22)17(19(29)23-21(27)30)26(3)16(28)11-10-15-24-25-20(31-15)14-8-6-13(2)7-9-14/h6-9H,4-5,10-12,22H2,1-3H3,(H,23,29,30). The summed E-state index contributed by atoms with van der Waals surface area (Å²) in [6, 6.07) is 7.65. The van der Waals surface area contributed by atoms with Crippen molar-refractivity contribution >= 4 is 17.4 Å². The van der Waals surface area contributed by atoms with Crippen molar-refractivity contribution in [1.29, 1.82) is 0 Å². The number of benzene rings is 1. The number of nitrogens with two attached hydrogens (primary N) is 1. The third-order valence-electron chi connectivity index (χ3n) is 4.98. The van der Waals surface area contributed by atoms with Crippen LogP contribution in [-0.4, -0.2) is 32.7 Å². The van der Waals surface area contributed by atoms with Gasteiger partial charge in [0.2, 0.25) is 17.7 Å². The highest BCUT2D eigenvalue weighted by molar-refractivity contribution is 5.95. The Kier molecular flexibility index (Phi) is 6.68. The highest BCUT2D eigenvalue weighted by Crippen LogP contribution is 2.20. The zero-order valence-corrected chi connectivity index (χ0v) is 17.8. The largest absolute Gasteiger partial charge is 0.421 e. The molecule has 10 nitrogen and oxygen atoms in total. The van der Waals surface area contributed by atoms with Crippen LogP contribution < -0.4 is 21.9 Å². The number of carbonyl (C=O) groups is 1. The first kappa shape index (κ1) is 22.0. The van der Waals surface area contributed by atoms with E-state index in [1.54, 1.807) is 0 Å². The van der Waals surface area contributed by atoms with Gasteiger partial charge in [0.05, 0.1) is 0 Å². The van der Waals surface area contributed by atoms with Crippen LogP contribution in [0.5, 0.6) is 0 Å². The number of aromatic nitrogens is 4. The van der Waals surface area contributed by atoms with E-state index in [4.69, 9.17) is 10.2 Å². The molecule has 0 radical (unpaired) electrons. The summed E-state index contributed by atoms with van der Waals surface area (Å²) in [6.45, 7) is 4.32. The van der Waals surface area contributed by atoms with Crippen LogP contribution in [0.15, 0.2) is 38.3 Å². The van der Waals surface area contributed by atoms with E-state index in [-0.39, 0.29) is 30.3 Å². The van der Waals surface area contributed by atoms with Crippen molar-refractivity contribution in [2.45, 2.75) is 46.1 Å². The van der Waals surface area contributed by atoms with Crippen LogP contribution >= 0.6 is 0 Å². The molecule has 0 saturated heterocycles. The fourth-order valence-corrected chi connectivity index (χ4v) is 3.11. The molecule has 0 aliphatic heterocycles. The maximum Gasteiger partial charge on any atom is 0.330 e. The van der Waals surface area contributed by atoms with Crippen LogP contribution in [0, 0.1) is 6.92 Å². The van der Waals surface area contributed by atoms with E-state index < -0.39 is 11.2 Å². The number of anilines is 2. The maximum absolute atomic E-state index is 12.7. The lowest BCUT2D eigenvalue weighted by Gasteiger charge is -2.20. The number of hydrogen-bond acceptors (Lipinski definition) is 7. The highest BCUT2D eigenvalue weighted by Gasteiger charge is 2.21. The summed E-state index contributed by atoms with van der Waals surface area (Å²) < 4.78 is 6.91. The third kappa shape index (κ3) is 4.90. The van der Waals surface area contributed by atoms with Crippen LogP contribution in [0.1, 0.15) is 37.6 Å². The number of nitrogens with one attached hydrogen (secondary N) is 1. The van der Waals surface area contributed by atoms with E-state index >= 15 is 0 Å². The lowest BCUT2D eigenvalue weighted by Crippen LogP contribution is -2.39. The molecule has 0 spiro atoms. The summed E-state index contributed by atoms with van der Waals surface area (Å²) in [6.07, 6.45) is 1.80. The molecule has 3 N–H and O–H groups in total. The Bertz CT molecular complexity index is 1180. The molecular formula is C21H26N6O4. The molecule has 10 heteroatoms. The molecule has 0 unspecified atom stereocenters. The predicted octanol–water partition coefficient (Wildman–Crippen LogP) is 1.87. The van der Waals surface area contributed by atoms with Crippen molar-refractivity contribution in [1.82, 2.24) is 19.7 Å². The normalized spacial score (nSPS) is 10.9. The molecule has 1 amide bonds. The second kappa shape index (κ2) is 9.41. The van der Waals surface area contributed by atoms with Crippen LogP contribution in [0.4, 0.5) is 11.5 Å². The lowest BCUT2D eigenvalue weighted by molar-refractivity contribution is -0.118. The van der Waals surface area contributed by atoms with Gasteiger partial charge in [-0.25, -0.2) is 4.79 Å². The number of rotatable bonds is 8. The highest BCUT2D eigenvalue weighted by atomic mass is 16.4. The Hall–Kier alpha value is -3.69. The summed E-state index contributed by atoms with van der Waals surface area (Å²) in [4.78, 5) is 40.4. The van der Waals surface area contributed by atoms with Gasteiger partial charge in [0, 0.05) is 32.0 Å². The minimum Gasteiger partial charge on any atom is -0.421 e. The number of hydrogen-bond donors (Lipinski definition) is 2. The van der Waals surface area contributed by atoms with Crippen LogP contribution in [0.3, 0.4) is 0 Å². The molecule has 0 aliphatic rings. The SMILES string of the molecule is CCCCn1c(N)c(N(C)C(=O)CCc2nnc(-c3ccc(C)cc3)o2)c(=O)[nH]c1=O. The minimum atomic E-state index is -0.703. The van der Waals surface area contributed by atoms with E-state index in [0.717, 1.165) is 22.4 Å². The van der Waals surface area contributed by atoms with Crippen molar-refractivity contribution in [2.75, 3.05) is 17.7 Å². The zero-order valence-electron chi connectivity index (χ0n) is 17.8. The van der Waals surface area contributed by atoms with Crippen molar-refractivity contribution < 1.29 is 9.21 Å². The van der Waals surface area contributed by atoms with Gasteiger partial charge in [0.25, 0.3) is 5.56 Å². The fourth-order valence-electron chi connectivity index (χ4n) is 3.11. The molecule has 2 heterocycles. The summed E-state index contributed by atoms with van der Waals surface area (Å²) in [5.74, 6) is 0.289. The number of nitrogen functional groups attached to an aromatic ring is 1. The molecule has 0 fully saturated rings. The maximum atomic E-state index is 12.7. The van der Waals surface area contributed by atoms with Gasteiger partial charge in [0.1, 0.15) is 5.82 Å². The molecule has 31 heavy (non-hydrogen) atoms. The second-order valence-electron chi connectivity index (χ2n) is 7.32. The van der Waals surface area contributed by atoms with Gasteiger partial charge >= 0.3 is 5.69 Å². The topological polar surface area (TPSA) is 140 Å². The monoisotopic (exact) mass is 426 g/mol. The van der Waals surface area contributed by atoms with Gasteiger partial charge in [-0.05, 0) is 25.5 Å². The average Bonchev–Trinajstić information content (AvgIpc) is 3.21. The molecule has 3 aromatic rings. The molecule has 0 bridgehead atoms. The van der Waals surface area contributed by atoms with Crippen molar-refractivity contribution in [2.24, 2.45) is 0 Å². The molecule has 1 aromatic carbocycles. The van der Waals surface area contributed by atoms with E-state index in [1.807, 2.05) is 38.1 Å². The number of nitrogens with zero attached hydrogens (tertiary/aromatic N) is 4. The summed E-state index contributed by atoms with van der Waals surface area (Å²) >= 11 is 0. The van der Waals surface area contributed by atoms with Gasteiger partial charge in [-0.2, -0.15) is 0 Å². The Morgan fingerprint density at radius 3 is 2.61 bits per heavy atom. The van der Waals surface area contributed by atoms with Crippen LogP contribution in [0.25, 0.3) is 11.5 Å². The molecule has 0 atom stereocenters. The van der Waals surface area contributed by atoms with Gasteiger partial charge in [-0.3, -0.25) is 19.1 Å². The molecule has 0 saturated carbocycles. The Morgan fingerprint density at radius 2 is 1.94 bits per heavy atom. The molecule has 2 aromatic heterocycles. The van der Waals surface area contributed by atoms with Crippen LogP contribution in [0.2, 0.25) is 0 Å². The summed E-state index contributed by atoms with van der Waals surface area (Å²) in [7, 11) is 1.45. The number of unbranched alkanes of at least 4 members (excludes halogenated alkanes) is 1. The van der Waals surface area contributed by atoms with Gasteiger partial charge < -0.3 is 15.1 Å². The smallest absolute Gasteiger partial charge is 0.330 e. The quantitative estimate of drug-likeness (QED) is 0.560. The Morgan fingerprint density at radius 1 is 1.23 bits per heavy atom. The van der Waals surface area contributed by atoms with E-state index in [0.29, 0.717) is 24.7 Å². The van der Waals surface area contributed by atoms with Crippen molar-refractivity contribution in [3.8, 4) is 11.5 Å². The minimum absolute atomic E-state index is 0.0268. The van der Waals surface area contributed by atoms with E-state index in [2.05, 4.69) is 15.2 Å². The van der Waals surface area contributed by atoms with Crippen LogP contribution in [-0.2, 0) is 17.8 Å². The summed E-state index contributed by atoms with van der Waals surface area (Å²) in [5, 5.41) is 8.01. The van der Waals surface area contributed by atoms with E-state index in [9.17, 15) is 14.4 Å². The fraction of sp³-hybridized carbons (Fsp3) is 0.381.